The van der Waals surface area contributed by atoms with E-state index >= 15 is 0 Å². The second-order valence-electron chi connectivity index (χ2n) is 5.54. The van der Waals surface area contributed by atoms with E-state index in [1.54, 1.807) is 23.7 Å². The minimum atomic E-state index is -0.0479. The molecule has 2 aromatic rings. The van der Waals surface area contributed by atoms with E-state index in [1.165, 1.54) is 0 Å². The summed E-state index contributed by atoms with van der Waals surface area (Å²) >= 11 is 0. The molecular weight excluding hydrogens is 310 g/mol. The number of aryl methyl sites for hydroxylation is 1. The van der Waals surface area contributed by atoms with Crippen LogP contribution in [0.2, 0.25) is 0 Å². The Morgan fingerprint density at radius 1 is 1.48 bits per heavy atom. The van der Waals surface area contributed by atoms with Crippen molar-refractivity contribution in [1.82, 2.24) is 14.9 Å². The van der Waals surface area contributed by atoms with Gasteiger partial charge >= 0.3 is 0 Å². The number of fused-ring (bicyclic) bond motifs is 1. The summed E-state index contributed by atoms with van der Waals surface area (Å²) in [5, 5.41) is 3.39. The van der Waals surface area contributed by atoms with Gasteiger partial charge in [0.15, 0.2) is 0 Å². The highest BCUT2D eigenvalue weighted by atomic mass is 32.1. The van der Waals surface area contributed by atoms with Crippen molar-refractivity contribution in [3.8, 4) is 0 Å². The van der Waals surface area contributed by atoms with E-state index in [0.29, 0.717) is 11.9 Å². The third-order valence-electron chi connectivity index (χ3n) is 4.30. The smallest absolute Gasteiger partial charge is 0.270 e. The largest absolute Gasteiger partial charge is 0.362 e. The van der Waals surface area contributed by atoms with Gasteiger partial charge in [-0.15, -0.1) is 4.98 Å². The number of hydrogen-bond acceptors (Lipinski definition) is 4. The first kappa shape index (κ1) is 17.3. The predicted octanol–water partition coefficient (Wildman–Crippen LogP) is 1.79. The van der Waals surface area contributed by atoms with Crippen LogP contribution in [-0.4, -0.2) is 35.2 Å². The molecule has 0 saturated carbocycles. The van der Waals surface area contributed by atoms with Crippen LogP contribution in [0.1, 0.15) is 13.3 Å². The van der Waals surface area contributed by atoms with Crippen LogP contribution in [-0.2, 0) is 7.05 Å². The van der Waals surface area contributed by atoms with Crippen LogP contribution >= 0.6 is 13.5 Å². The summed E-state index contributed by atoms with van der Waals surface area (Å²) in [5.41, 5.74) is 2.30. The van der Waals surface area contributed by atoms with Gasteiger partial charge in [0.2, 0.25) is 5.52 Å². The van der Waals surface area contributed by atoms with Crippen LogP contribution in [0.5, 0.6) is 0 Å². The van der Waals surface area contributed by atoms with Gasteiger partial charge in [0.05, 0.1) is 11.2 Å². The lowest BCUT2D eigenvalue weighted by atomic mass is 10.1. The highest BCUT2D eigenvalue weighted by Crippen LogP contribution is 2.28. The fraction of sp³-hybridized carbons (Fsp3) is 0.438. The fourth-order valence-corrected chi connectivity index (χ4v) is 3.03. The third-order valence-corrected chi connectivity index (χ3v) is 4.30. The number of anilines is 1. The zero-order valence-corrected chi connectivity index (χ0v) is 14.3. The maximum absolute atomic E-state index is 12.3. The number of nitrogens with zero attached hydrogens (tertiary/aromatic N) is 4. The molecule has 7 heteroatoms. The summed E-state index contributed by atoms with van der Waals surface area (Å²) in [4.78, 5) is 22.4. The van der Waals surface area contributed by atoms with Gasteiger partial charge in [0.1, 0.15) is 0 Å². The first-order valence-corrected chi connectivity index (χ1v) is 7.51. The van der Waals surface area contributed by atoms with Crippen LogP contribution in [0, 0.1) is 6.57 Å². The van der Waals surface area contributed by atoms with Crippen LogP contribution in [0.25, 0.3) is 15.9 Å². The molecule has 0 unspecified atom stereocenters. The Bertz CT molecular complexity index is 810. The van der Waals surface area contributed by atoms with Crippen molar-refractivity contribution in [2.75, 3.05) is 24.5 Å². The quantitative estimate of drug-likeness (QED) is 0.853. The maximum Gasteiger partial charge on any atom is 0.270 e. The number of piperazine rings is 1. The summed E-state index contributed by atoms with van der Waals surface area (Å²) in [5.74, 6) is 0.357. The van der Waals surface area contributed by atoms with Crippen LogP contribution in [0.4, 0.5) is 11.5 Å². The number of rotatable bonds is 2. The van der Waals surface area contributed by atoms with E-state index in [2.05, 4.69) is 27.0 Å². The monoisotopic (exact) mass is 331 g/mol. The molecule has 1 N–H and O–H groups in total. The second kappa shape index (κ2) is 7.02. The van der Waals surface area contributed by atoms with Crippen molar-refractivity contribution in [3.63, 3.8) is 0 Å². The van der Waals surface area contributed by atoms with Crippen molar-refractivity contribution in [3.05, 3.63) is 40.0 Å². The Kier molecular flexibility index (Phi) is 5.29. The van der Waals surface area contributed by atoms with Crippen LogP contribution in [0.15, 0.2) is 23.0 Å². The standard InChI is InChI=1S/C16H19N5O.H2S/c1-4-11-10-18-7-8-21(11)13-9-15(22)20(3)12-5-6-14(17-2)19-16(12)13;/h5-6,9,11,18H,4,7-8,10H2,1,3H3;1H2/t11-;/m0./s1. The van der Waals surface area contributed by atoms with E-state index in [1.807, 2.05) is 6.07 Å². The normalized spacial score (nSPS) is 17.6. The zero-order chi connectivity index (χ0) is 15.7. The minimum absolute atomic E-state index is 0. The van der Waals surface area contributed by atoms with Gasteiger partial charge in [0.25, 0.3) is 11.4 Å². The average molecular weight is 331 g/mol. The summed E-state index contributed by atoms with van der Waals surface area (Å²) < 4.78 is 1.59. The van der Waals surface area contributed by atoms with E-state index in [-0.39, 0.29) is 19.1 Å². The predicted molar refractivity (Wildman–Crippen MR) is 97.9 cm³/mol. The van der Waals surface area contributed by atoms with Crippen molar-refractivity contribution in [2.24, 2.45) is 7.05 Å². The molecule has 2 aromatic heterocycles. The molecule has 3 heterocycles. The van der Waals surface area contributed by atoms with Crippen LogP contribution in [0.3, 0.4) is 0 Å². The van der Waals surface area contributed by atoms with Gasteiger partial charge in [-0.05, 0) is 18.6 Å². The Balaban J connectivity index is 0.00000192. The van der Waals surface area contributed by atoms with Gasteiger partial charge in [-0.2, -0.15) is 13.5 Å². The maximum atomic E-state index is 12.3. The zero-order valence-electron chi connectivity index (χ0n) is 13.3. The summed E-state index contributed by atoms with van der Waals surface area (Å²) in [6, 6.07) is 5.46. The summed E-state index contributed by atoms with van der Waals surface area (Å²) in [6.07, 6.45) is 0.992. The molecule has 0 radical (unpaired) electrons. The topological polar surface area (TPSA) is 54.5 Å². The first-order valence-electron chi connectivity index (χ1n) is 7.51. The summed E-state index contributed by atoms with van der Waals surface area (Å²) in [7, 11) is 1.74. The second-order valence-corrected chi connectivity index (χ2v) is 5.54. The molecule has 3 rings (SSSR count). The lowest BCUT2D eigenvalue weighted by molar-refractivity contribution is 0.467. The molecule has 1 aliphatic heterocycles. The molecule has 1 fully saturated rings. The Hall–Kier alpha value is -2.04. The molecule has 122 valence electrons. The Morgan fingerprint density at radius 2 is 2.26 bits per heavy atom. The highest BCUT2D eigenvalue weighted by molar-refractivity contribution is 7.59. The Labute approximate surface area is 142 Å². The van der Waals surface area contributed by atoms with Crippen molar-refractivity contribution in [2.45, 2.75) is 19.4 Å². The molecule has 1 saturated heterocycles. The lowest BCUT2D eigenvalue weighted by Gasteiger charge is -2.37. The number of hydrogen-bond donors (Lipinski definition) is 1. The SMILES string of the molecule is S.[C-]#[N+]c1ccc2c(n1)c(N1CCNC[C@@H]1CC)cc(=O)n2C. The van der Waals surface area contributed by atoms with E-state index in [9.17, 15) is 4.79 Å². The molecule has 0 aromatic carbocycles. The van der Waals surface area contributed by atoms with E-state index < -0.39 is 0 Å². The first-order chi connectivity index (χ1) is 10.7. The molecule has 1 aliphatic rings. The average Bonchev–Trinajstić information content (AvgIpc) is 2.57. The summed E-state index contributed by atoms with van der Waals surface area (Å²) in [6.45, 7) is 11.9. The fourth-order valence-electron chi connectivity index (χ4n) is 3.03. The number of nitrogens with one attached hydrogen (secondary N) is 1. The van der Waals surface area contributed by atoms with Crippen molar-refractivity contribution < 1.29 is 0 Å². The molecule has 0 spiro atoms. The van der Waals surface area contributed by atoms with Crippen molar-refractivity contribution >= 4 is 36.0 Å². The lowest BCUT2D eigenvalue weighted by Crippen LogP contribution is -2.51. The van der Waals surface area contributed by atoms with E-state index in [0.717, 1.165) is 42.8 Å². The minimum Gasteiger partial charge on any atom is -0.362 e. The molecule has 0 aliphatic carbocycles. The van der Waals surface area contributed by atoms with Gasteiger partial charge < -0.3 is 19.6 Å². The van der Waals surface area contributed by atoms with Gasteiger partial charge in [-0.3, -0.25) is 4.79 Å². The highest BCUT2D eigenvalue weighted by Gasteiger charge is 2.25. The van der Waals surface area contributed by atoms with Crippen LogP contribution < -0.4 is 15.8 Å². The van der Waals surface area contributed by atoms with Gasteiger partial charge in [-0.1, -0.05) is 13.5 Å². The van der Waals surface area contributed by atoms with Gasteiger partial charge in [0, 0.05) is 38.8 Å². The van der Waals surface area contributed by atoms with E-state index in [4.69, 9.17) is 6.57 Å². The Morgan fingerprint density at radius 3 is 2.96 bits per heavy atom. The molecular formula is C16H21N5OS. The number of aromatic nitrogens is 2. The molecule has 6 nitrogen and oxygen atoms in total. The number of pyridine rings is 2. The molecule has 0 amide bonds. The molecule has 23 heavy (non-hydrogen) atoms. The molecule has 1 atom stereocenters. The third kappa shape index (κ3) is 3.05. The van der Waals surface area contributed by atoms with Gasteiger partial charge in [-0.25, -0.2) is 0 Å². The molecule has 0 bridgehead atoms. The van der Waals surface area contributed by atoms with Crippen molar-refractivity contribution in [1.29, 1.82) is 0 Å².